The number of carbonyl (C=O) groups excluding carboxylic acids is 3. The third kappa shape index (κ3) is 7.56. The van der Waals surface area contributed by atoms with Gasteiger partial charge in [-0.1, -0.05) is 24.3 Å². The molecule has 0 spiro atoms. The summed E-state index contributed by atoms with van der Waals surface area (Å²) in [4.78, 5) is 50.5. The molecule has 1 aromatic carbocycles. The minimum absolute atomic E-state index is 0.261. The first-order valence-corrected chi connectivity index (χ1v) is 13.2. The quantitative estimate of drug-likeness (QED) is 0.171. The number of hydrogen-bond donors (Lipinski definition) is 4. The lowest BCUT2D eigenvalue weighted by Gasteiger charge is -2.07. The largest absolute Gasteiger partial charge is 0.377 e. The normalized spacial score (nSPS) is 11.4. The zero-order valence-electron chi connectivity index (χ0n) is 23.9. The molecule has 3 heterocycles. The summed E-state index contributed by atoms with van der Waals surface area (Å²) in [6.45, 7) is 0.419. The third-order valence-corrected chi connectivity index (χ3v) is 6.42. The molecule has 0 aliphatic heterocycles. The minimum atomic E-state index is -0.381. The van der Waals surface area contributed by atoms with E-state index in [9.17, 15) is 14.4 Å². The van der Waals surface area contributed by atoms with Crippen LogP contribution in [0.5, 0.6) is 0 Å². The highest BCUT2D eigenvalue weighted by Crippen LogP contribution is 2.19. The second-order valence-corrected chi connectivity index (χ2v) is 9.41. The van der Waals surface area contributed by atoms with Crippen molar-refractivity contribution in [1.29, 1.82) is 0 Å². The SMILES string of the molecule is C/N=C(/CCNC(=O)c1cc(NC(=O)c2cc(NC(=O)c3ccc(/C=C/c4cncnc4)cc3)cn2C)cn1C)NC. The van der Waals surface area contributed by atoms with E-state index in [0.29, 0.717) is 41.3 Å². The lowest BCUT2D eigenvalue weighted by molar-refractivity contribution is 0.0945. The maximum Gasteiger partial charge on any atom is 0.272 e. The van der Waals surface area contributed by atoms with Crippen molar-refractivity contribution in [3.8, 4) is 0 Å². The van der Waals surface area contributed by atoms with Crippen LogP contribution in [0.3, 0.4) is 0 Å². The molecular weight excluding hydrogens is 534 g/mol. The van der Waals surface area contributed by atoms with Crippen LogP contribution in [0.2, 0.25) is 0 Å². The summed E-state index contributed by atoms with van der Waals surface area (Å²) in [6.07, 6.45) is 12.6. The summed E-state index contributed by atoms with van der Waals surface area (Å²) in [5.41, 5.74) is 3.96. The molecule has 0 saturated carbocycles. The Labute approximate surface area is 243 Å². The maximum absolute atomic E-state index is 13.0. The molecule has 4 N–H and O–H groups in total. The van der Waals surface area contributed by atoms with Crippen LogP contribution in [0, 0.1) is 0 Å². The Morgan fingerprint density at radius 2 is 1.40 bits per heavy atom. The number of nitrogens with zero attached hydrogens (tertiary/aromatic N) is 5. The Hall–Kier alpha value is -5.52. The average Bonchev–Trinajstić information content (AvgIpc) is 3.55. The van der Waals surface area contributed by atoms with E-state index in [1.165, 1.54) is 6.33 Å². The summed E-state index contributed by atoms with van der Waals surface area (Å²) in [6, 6.07) is 10.3. The zero-order chi connectivity index (χ0) is 30.1. The molecule has 0 aliphatic rings. The number of carbonyl (C=O) groups is 3. The second kappa shape index (κ2) is 13.7. The predicted octanol–water partition coefficient (Wildman–Crippen LogP) is 3.20. The molecule has 0 unspecified atom stereocenters. The van der Waals surface area contributed by atoms with E-state index in [2.05, 4.69) is 36.2 Å². The predicted molar refractivity (Wildman–Crippen MR) is 164 cm³/mol. The highest BCUT2D eigenvalue weighted by Gasteiger charge is 2.17. The molecule has 3 aromatic heterocycles. The highest BCUT2D eigenvalue weighted by molar-refractivity contribution is 6.07. The van der Waals surface area contributed by atoms with Gasteiger partial charge in [0.05, 0.1) is 17.2 Å². The number of aliphatic imine (C=N–C) groups is 1. The molecule has 0 radical (unpaired) electrons. The van der Waals surface area contributed by atoms with Gasteiger partial charge in [0.15, 0.2) is 0 Å². The van der Waals surface area contributed by atoms with Gasteiger partial charge in [-0.05, 0) is 29.8 Å². The van der Waals surface area contributed by atoms with Gasteiger partial charge in [-0.3, -0.25) is 19.4 Å². The van der Waals surface area contributed by atoms with Crippen molar-refractivity contribution in [3.05, 3.63) is 95.6 Å². The zero-order valence-corrected chi connectivity index (χ0v) is 23.9. The summed E-state index contributed by atoms with van der Waals surface area (Å²) in [5.74, 6) is -0.156. The van der Waals surface area contributed by atoms with E-state index in [4.69, 9.17) is 0 Å². The lowest BCUT2D eigenvalue weighted by Crippen LogP contribution is -2.30. The lowest BCUT2D eigenvalue weighted by atomic mass is 10.1. The van der Waals surface area contributed by atoms with Gasteiger partial charge in [-0.15, -0.1) is 0 Å². The van der Waals surface area contributed by atoms with Crippen molar-refractivity contribution >= 4 is 47.1 Å². The molecule has 12 nitrogen and oxygen atoms in total. The number of anilines is 2. The molecule has 0 aliphatic carbocycles. The Morgan fingerprint density at radius 1 is 0.833 bits per heavy atom. The fourth-order valence-corrected chi connectivity index (χ4v) is 4.18. The first kappa shape index (κ1) is 29.5. The fourth-order valence-electron chi connectivity index (χ4n) is 4.18. The maximum atomic E-state index is 13.0. The van der Waals surface area contributed by atoms with Crippen LogP contribution in [0.25, 0.3) is 12.2 Å². The van der Waals surface area contributed by atoms with Crippen molar-refractivity contribution in [2.24, 2.45) is 19.1 Å². The molecule has 0 atom stereocenters. The molecule has 0 fully saturated rings. The Kier molecular flexibility index (Phi) is 9.61. The van der Waals surface area contributed by atoms with E-state index in [1.54, 1.807) is 86.4 Å². The van der Waals surface area contributed by atoms with Gasteiger partial charge in [-0.2, -0.15) is 0 Å². The Balaban J connectivity index is 1.34. The molecule has 0 saturated heterocycles. The van der Waals surface area contributed by atoms with E-state index < -0.39 is 0 Å². The number of amides is 3. The number of benzene rings is 1. The number of nitrogens with one attached hydrogen (secondary N) is 4. The first-order valence-electron chi connectivity index (χ1n) is 13.2. The van der Waals surface area contributed by atoms with Crippen LogP contribution in [0.15, 0.2) is 72.5 Å². The summed E-state index contributed by atoms with van der Waals surface area (Å²) in [7, 11) is 6.91. The van der Waals surface area contributed by atoms with Gasteiger partial charge < -0.3 is 30.4 Å². The van der Waals surface area contributed by atoms with E-state index in [0.717, 1.165) is 17.0 Å². The summed E-state index contributed by atoms with van der Waals surface area (Å²) < 4.78 is 3.27. The fraction of sp³-hybridized carbons (Fsp3) is 0.200. The van der Waals surface area contributed by atoms with Crippen LogP contribution < -0.4 is 21.3 Å². The third-order valence-electron chi connectivity index (χ3n) is 6.42. The van der Waals surface area contributed by atoms with Gasteiger partial charge in [-0.25, -0.2) is 9.97 Å². The van der Waals surface area contributed by atoms with Gasteiger partial charge >= 0.3 is 0 Å². The van der Waals surface area contributed by atoms with Gasteiger partial charge in [0.2, 0.25) is 0 Å². The van der Waals surface area contributed by atoms with Crippen molar-refractivity contribution in [2.75, 3.05) is 31.3 Å². The highest BCUT2D eigenvalue weighted by atomic mass is 16.2. The van der Waals surface area contributed by atoms with Crippen LogP contribution >= 0.6 is 0 Å². The standard InChI is InChI=1S/C30H33N9O3/c1-31-27(32-2)11-12-35-29(41)25-13-24(18-38(25)3)37-30(42)26-14-23(17-39(26)4)36-28(40)22-9-7-20(8-10-22)5-6-21-15-33-19-34-16-21/h5-10,13-19H,11-12H2,1-4H3,(H,31,32)(H,35,41)(H,36,40)(H,37,42)/b6-5+. The monoisotopic (exact) mass is 567 g/mol. The molecular formula is C30H33N9O3. The summed E-state index contributed by atoms with van der Waals surface area (Å²) >= 11 is 0. The van der Waals surface area contributed by atoms with Crippen LogP contribution in [-0.4, -0.2) is 63.3 Å². The second-order valence-electron chi connectivity index (χ2n) is 9.41. The van der Waals surface area contributed by atoms with Crippen molar-refractivity contribution in [3.63, 3.8) is 0 Å². The molecule has 216 valence electrons. The van der Waals surface area contributed by atoms with Gasteiger partial charge in [0, 0.05) is 77.1 Å². The van der Waals surface area contributed by atoms with Crippen molar-refractivity contribution in [2.45, 2.75) is 6.42 Å². The summed E-state index contributed by atoms with van der Waals surface area (Å²) in [5, 5.41) is 11.5. The number of hydrogen-bond acceptors (Lipinski definition) is 6. The number of aromatic nitrogens is 4. The number of amidine groups is 1. The topological polar surface area (TPSA) is 147 Å². The van der Waals surface area contributed by atoms with Crippen LogP contribution in [0.4, 0.5) is 11.4 Å². The minimum Gasteiger partial charge on any atom is -0.377 e. The number of rotatable bonds is 10. The van der Waals surface area contributed by atoms with E-state index >= 15 is 0 Å². The van der Waals surface area contributed by atoms with Crippen LogP contribution in [-0.2, 0) is 14.1 Å². The van der Waals surface area contributed by atoms with Gasteiger partial charge in [0.1, 0.15) is 17.7 Å². The molecule has 4 aromatic rings. The Bertz CT molecular complexity index is 1620. The van der Waals surface area contributed by atoms with Crippen molar-refractivity contribution < 1.29 is 14.4 Å². The molecule has 3 amide bonds. The molecule has 12 heteroatoms. The number of aryl methyl sites for hydroxylation is 2. The first-order chi connectivity index (χ1) is 20.3. The molecule has 42 heavy (non-hydrogen) atoms. The van der Waals surface area contributed by atoms with E-state index in [-0.39, 0.29) is 17.7 Å². The van der Waals surface area contributed by atoms with Crippen LogP contribution in [0.1, 0.15) is 48.9 Å². The van der Waals surface area contributed by atoms with Crippen molar-refractivity contribution in [1.82, 2.24) is 29.7 Å². The average molecular weight is 568 g/mol. The van der Waals surface area contributed by atoms with E-state index in [1.807, 2.05) is 24.3 Å². The smallest absolute Gasteiger partial charge is 0.272 e. The molecule has 4 rings (SSSR count). The molecule has 0 bridgehead atoms. The van der Waals surface area contributed by atoms with Gasteiger partial charge in [0.25, 0.3) is 17.7 Å². The Morgan fingerprint density at radius 3 is 2.00 bits per heavy atom.